The lowest BCUT2D eigenvalue weighted by Gasteiger charge is -2.14. The van der Waals surface area contributed by atoms with Crippen LogP contribution in [0.1, 0.15) is 30.5 Å². The summed E-state index contributed by atoms with van der Waals surface area (Å²) in [5, 5.41) is 10.7. The van der Waals surface area contributed by atoms with Crippen LogP contribution in [0.15, 0.2) is 90.3 Å². The largest absolute Gasteiger partial charge is 0.322 e. The molecule has 0 unspecified atom stereocenters. The third kappa shape index (κ3) is 8.32. The van der Waals surface area contributed by atoms with Gasteiger partial charge in [-0.25, -0.2) is 0 Å². The zero-order valence-electron chi connectivity index (χ0n) is 20.8. The number of aryl methyl sites for hydroxylation is 1. The van der Waals surface area contributed by atoms with E-state index in [1.165, 1.54) is 13.8 Å². The van der Waals surface area contributed by atoms with Crippen LogP contribution in [0.25, 0.3) is 12.2 Å². The molecule has 4 N–H and O–H groups in total. The molecule has 0 spiro atoms. The Morgan fingerprint density at radius 3 is 1.54 bits per heavy atom. The number of hydrogen-bond acceptors (Lipinski definition) is 4. The third-order valence-corrected chi connectivity index (χ3v) is 5.08. The highest BCUT2D eigenvalue weighted by atomic mass is 16.2. The van der Waals surface area contributed by atoms with Gasteiger partial charge in [-0.2, -0.15) is 0 Å². The van der Waals surface area contributed by atoms with E-state index in [0.717, 1.165) is 16.7 Å². The number of anilines is 2. The van der Waals surface area contributed by atoms with Gasteiger partial charge in [-0.1, -0.05) is 66.7 Å². The summed E-state index contributed by atoms with van der Waals surface area (Å²) in [5.74, 6) is -1.81. The Balaban J connectivity index is 1.83. The number of carbonyl (C=O) groups excluding carboxylic acids is 4. The van der Waals surface area contributed by atoms with Crippen LogP contribution in [-0.4, -0.2) is 23.6 Å². The highest BCUT2D eigenvalue weighted by Gasteiger charge is 2.15. The summed E-state index contributed by atoms with van der Waals surface area (Å²) in [6.07, 6.45) is 3.15. The van der Waals surface area contributed by atoms with Crippen LogP contribution in [0.3, 0.4) is 0 Å². The van der Waals surface area contributed by atoms with Crippen LogP contribution in [0, 0.1) is 6.92 Å². The first-order valence-corrected chi connectivity index (χ1v) is 11.5. The minimum atomic E-state index is -0.525. The first kappa shape index (κ1) is 26.6. The lowest BCUT2D eigenvalue weighted by Crippen LogP contribution is -2.29. The molecular formula is C29H28N4O4. The van der Waals surface area contributed by atoms with Crippen LogP contribution in [0.5, 0.6) is 0 Å². The van der Waals surface area contributed by atoms with Crippen molar-refractivity contribution >= 4 is 47.2 Å². The molecule has 4 amide bonds. The monoisotopic (exact) mass is 496 g/mol. The van der Waals surface area contributed by atoms with E-state index in [1.807, 2.05) is 60.7 Å². The van der Waals surface area contributed by atoms with Crippen molar-refractivity contribution in [3.63, 3.8) is 0 Å². The number of nitrogens with one attached hydrogen (secondary N) is 4. The molecule has 0 fully saturated rings. The van der Waals surface area contributed by atoms with Gasteiger partial charge < -0.3 is 21.3 Å². The van der Waals surface area contributed by atoms with Crippen molar-refractivity contribution in [2.24, 2.45) is 0 Å². The number of carbonyl (C=O) groups is 4. The molecule has 0 aliphatic carbocycles. The first-order chi connectivity index (χ1) is 17.7. The summed E-state index contributed by atoms with van der Waals surface area (Å²) < 4.78 is 0. The van der Waals surface area contributed by atoms with Gasteiger partial charge in [0, 0.05) is 25.2 Å². The molecular weight excluding hydrogens is 468 g/mol. The second-order valence-corrected chi connectivity index (χ2v) is 8.24. The third-order valence-electron chi connectivity index (χ3n) is 5.08. The van der Waals surface area contributed by atoms with Crippen LogP contribution < -0.4 is 21.3 Å². The number of amides is 4. The summed E-state index contributed by atoms with van der Waals surface area (Å²) >= 11 is 0. The van der Waals surface area contributed by atoms with Crippen molar-refractivity contribution in [2.75, 3.05) is 10.6 Å². The predicted octanol–water partition coefficient (Wildman–Crippen LogP) is 4.23. The molecule has 0 aliphatic rings. The fourth-order valence-corrected chi connectivity index (χ4v) is 3.35. The molecule has 3 rings (SSSR count). The molecule has 0 heterocycles. The van der Waals surface area contributed by atoms with Crippen LogP contribution in [0.4, 0.5) is 11.4 Å². The molecule has 3 aromatic carbocycles. The van der Waals surface area contributed by atoms with Crippen molar-refractivity contribution in [2.45, 2.75) is 20.8 Å². The van der Waals surface area contributed by atoms with Gasteiger partial charge in [-0.05, 0) is 47.9 Å². The molecule has 3 aromatic rings. The molecule has 0 atom stereocenters. The van der Waals surface area contributed by atoms with E-state index >= 15 is 0 Å². The molecule has 0 bridgehead atoms. The molecule has 0 radical (unpaired) electrons. The standard InChI is InChI=1S/C29H28N4O4/c1-19-14-15-24(32-28(36)26(30-20(2)34)16-22-10-6-4-7-11-22)18-25(19)33-29(37)27(31-21(3)35)17-23-12-8-5-9-13-23/h4-18H,1-3H3,(H,30,34)(H,31,35)(H,32,36)(H,33,37)/b26-16-,27-17-. The second kappa shape index (κ2) is 12.6. The maximum absolute atomic E-state index is 13.0. The summed E-state index contributed by atoms with van der Waals surface area (Å²) in [6.45, 7) is 4.45. The maximum Gasteiger partial charge on any atom is 0.272 e. The molecule has 0 saturated heterocycles. The first-order valence-electron chi connectivity index (χ1n) is 11.5. The molecule has 188 valence electrons. The van der Waals surface area contributed by atoms with Crippen molar-refractivity contribution in [1.29, 1.82) is 0 Å². The summed E-state index contributed by atoms with van der Waals surface area (Å²) in [6, 6.07) is 23.3. The molecule has 0 aliphatic heterocycles. The quantitative estimate of drug-likeness (QED) is 0.349. The van der Waals surface area contributed by atoms with E-state index in [1.54, 1.807) is 37.3 Å². The Bertz CT molecular complexity index is 1360. The number of rotatable bonds is 8. The molecule has 8 nitrogen and oxygen atoms in total. The minimum Gasteiger partial charge on any atom is -0.322 e. The van der Waals surface area contributed by atoms with Crippen LogP contribution >= 0.6 is 0 Å². The summed E-state index contributed by atoms with van der Waals surface area (Å²) in [4.78, 5) is 49.4. The summed E-state index contributed by atoms with van der Waals surface area (Å²) in [7, 11) is 0. The highest BCUT2D eigenvalue weighted by Crippen LogP contribution is 2.22. The van der Waals surface area contributed by atoms with Gasteiger partial charge in [0.15, 0.2) is 0 Å². The van der Waals surface area contributed by atoms with Crippen molar-refractivity contribution in [3.05, 3.63) is 107 Å². The second-order valence-electron chi connectivity index (χ2n) is 8.24. The van der Waals surface area contributed by atoms with Gasteiger partial charge in [0.2, 0.25) is 11.8 Å². The lowest BCUT2D eigenvalue weighted by molar-refractivity contribution is -0.120. The smallest absolute Gasteiger partial charge is 0.272 e. The average Bonchev–Trinajstić information content (AvgIpc) is 2.86. The fraction of sp³-hybridized carbons (Fsp3) is 0.103. The SMILES string of the molecule is CC(=O)N/C(=C\c1ccccc1)C(=O)Nc1ccc(C)c(NC(=O)/C(=C/c2ccccc2)NC(C)=O)c1. The van der Waals surface area contributed by atoms with Gasteiger partial charge in [0.25, 0.3) is 11.8 Å². The Hall–Kier alpha value is -4.98. The maximum atomic E-state index is 13.0. The van der Waals surface area contributed by atoms with E-state index in [9.17, 15) is 19.2 Å². The van der Waals surface area contributed by atoms with Crippen molar-refractivity contribution in [1.82, 2.24) is 10.6 Å². The summed E-state index contributed by atoms with van der Waals surface area (Å²) in [5.41, 5.74) is 3.23. The number of benzene rings is 3. The topological polar surface area (TPSA) is 116 Å². The zero-order chi connectivity index (χ0) is 26.8. The average molecular weight is 497 g/mol. The Morgan fingerprint density at radius 1 is 0.622 bits per heavy atom. The van der Waals surface area contributed by atoms with Gasteiger partial charge in [0.05, 0.1) is 0 Å². The van der Waals surface area contributed by atoms with E-state index in [4.69, 9.17) is 0 Å². The Kier molecular flexibility index (Phi) is 9.10. The van der Waals surface area contributed by atoms with Crippen LogP contribution in [-0.2, 0) is 19.2 Å². The van der Waals surface area contributed by atoms with Gasteiger partial charge in [-0.3, -0.25) is 19.2 Å². The van der Waals surface area contributed by atoms with Crippen LogP contribution in [0.2, 0.25) is 0 Å². The van der Waals surface area contributed by atoms with E-state index < -0.39 is 11.8 Å². The minimum absolute atomic E-state index is 0.0728. The van der Waals surface area contributed by atoms with E-state index in [2.05, 4.69) is 21.3 Å². The lowest BCUT2D eigenvalue weighted by atomic mass is 10.1. The normalized spacial score (nSPS) is 11.3. The van der Waals surface area contributed by atoms with Gasteiger partial charge >= 0.3 is 0 Å². The molecule has 8 heteroatoms. The fourth-order valence-electron chi connectivity index (χ4n) is 3.35. The van der Waals surface area contributed by atoms with Gasteiger partial charge in [0.1, 0.15) is 11.4 Å². The van der Waals surface area contributed by atoms with E-state index in [-0.39, 0.29) is 23.2 Å². The highest BCUT2D eigenvalue weighted by molar-refractivity contribution is 6.10. The van der Waals surface area contributed by atoms with Crippen molar-refractivity contribution in [3.8, 4) is 0 Å². The molecule has 0 saturated carbocycles. The van der Waals surface area contributed by atoms with Crippen molar-refractivity contribution < 1.29 is 19.2 Å². The Labute approximate surface area is 215 Å². The van der Waals surface area contributed by atoms with Gasteiger partial charge in [-0.15, -0.1) is 0 Å². The zero-order valence-corrected chi connectivity index (χ0v) is 20.8. The predicted molar refractivity (Wildman–Crippen MR) is 145 cm³/mol. The van der Waals surface area contributed by atoms with E-state index in [0.29, 0.717) is 11.4 Å². The molecule has 37 heavy (non-hydrogen) atoms. The Morgan fingerprint density at radius 2 is 1.08 bits per heavy atom. The number of hydrogen-bond donors (Lipinski definition) is 4. The molecule has 0 aromatic heterocycles.